The lowest BCUT2D eigenvalue weighted by molar-refractivity contribution is 0.0468. The second kappa shape index (κ2) is 8.37. The molecular weight excluding hydrogens is 393 g/mol. The molecule has 0 aliphatic rings. The van der Waals surface area contributed by atoms with Gasteiger partial charge in [-0.2, -0.15) is 0 Å². The lowest BCUT2D eigenvalue weighted by Crippen LogP contribution is -2.06. The molecule has 0 unspecified atom stereocenters. The van der Waals surface area contributed by atoms with E-state index >= 15 is 0 Å². The topological polar surface area (TPSA) is 57.7 Å². The maximum Gasteiger partial charge on any atom is 0.340 e. The molecule has 2 aromatic carbocycles. The molecule has 0 fully saturated rings. The van der Waals surface area contributed by atoms with Gasteiger partial charge in [0.1, 0.15) is 17.4 Å². The minimum atomic E-state index is -0.645. The predicted octanol–water partition coefficient (Wildman–Crippen LogP) is 4.98. The Bertz CT molecular complexity index is 976. The molecule has 140 valence electrons. The third-order valence-electron chi connectivity index (χ3n) is 3.69. The van der Waals surface area contributed by atoms with Crippen molar-refractivity contribution in [2.45, 2.75) is 6.61 Å². The summed E-state index contributed by atoms with van der Waals surface area (Å²) in [4.78, 5) is 16.6. The first-order chi connectivity index (χ1) is 13.0. The van der Waals surface area contributed by atoms with Gasteiger partial charge in [0, 0.05) is 5.38 Å². The zero-order valence-electron chi connectivity index (χ0n) is 14.5. The molecule has 0 aliphatic carbocycles. The van der Waals surface area contributed by atoms with Gasteiger partial charge in [-0.15, -0.1) is 11.3 Å². The first kappa shape index (κ1) is 19.1. The SMILES string of the molecule is COc1cccc(-c2nc(COC(=O)c3ccc(F)cc3Cl)cs2)c1OC. The smallest absolute Gasteiger partial charge is 0.340 e. The maximum absolute atomic E-state index is 13.1. The van der Waals surface area contributed by atoms with Crippen LogP contribution in [0.1, 0.15) is 16.1 Å². The Kier molecular flexibility index (Phi) is 5.93. The standard InChI is InChI=1S/C19H15ClFNO4S/c1-24-16-5-3-4-14(17(16)25-2)18-22-12(10-27-18)9-26-19(23)13-7-6-11(21)8-15(13)20/h3-8,10H,9H2,1-2H3. The van der Waals surface area contributed by atoms with E-state index in [2.05, 4.69) is 4.98 Å². The molecule has 1 heterocycles. The Labute approximate surface area is 164 Å². The Hall–Kier alpha value is -2.64. The normalized spacial score (nSPS) is 10.5. The fraction of sp³-hybridized carbons (Fsp3) is 0.158. The molecule has 27 heavy (non-hydrogen) atoms. The summed E-state index contributed by atoms with van der Waals surface area (Å²) < 4.78 is 29.0. The van der Waals surface area contributed by atoms with E-state index in [1.807, 2.05) is 12.1 Å². The van der Waals surface area contributed by atoms with Gasteiger partial charge in [-0.1, -0.05) is 17.7 Å². The Morgan fingerprint density at radius 2 is 2.04 bits per heavy atom. The number of carbonyl (C=O) groups excluding carboxylic acids is 1. The summed E-state index contributed by atoms with van der Waals surface area (Å²) in [5.74, 6) is 0.0153. The van der Waals surface area contributed by atoms with Crippen LogP contribution in [-0.2, 0) is 11.3 Å². The first-order valence-electron chi connectivity index (χ1n) is 7.81. The van der Waals surface area contributed by atoms with E-state index in [1.165, 1.54) is 17.4 Å². The number of thiazole rings is 1. The number of hydrogen-bond donors (Lipinski definition) is 0. The van der Waals surface area contributed by atoms with Crippen molar-refractivity contribution < 1.29 is 23.4 Å². The van der Waals surface area contributed by atoms with Gasteiger partial charge < -0.3 is 14.2 Å². The molecule has 0 saturated carbocycles. The molecular formula is C19H15ClFNO4S. The zero-order valence-corrected chi connectivity index (χ0v) is 16.1. The van der Waals surface area contributed by atoms with Gasteiger partial charge in [-0.25, -0.2) is 14.2 Å². The second-order valence-corrected chi connectivity index (χ2v) is 6.65. The molecule has 3 rings (SSSR count). The van der Waals surface area contributed by atoms with Crippen LogP contribution in [0.5, 0.6) is 11.5 Å². The number of hydrogen-bond acceptors (Lipinski definition) is 6. The summed E-state index contributed by atoms with van der Waals surface area (Å²) in [6, 6.07) is 9.01. The molecule has 0 radical (unpaired) electrons. The summed E-state index contributed by atoms with van der Waals surface area (Å²) in [7, 11) is 3.12. The van der Waals surface area contributed by atoms with Crippen LogP contribution >= 0.6 is 22.9 Å². The number of methoxy groups -OCH3 is 2. The van der Waals surface area contributed by atoms with Crippen LogP contribution in [0.3, 0.4) is 0 Å². The molecule has 1 aromatic heterocycles. The van der Waals surface area contributed by atoms with Gasteiger partial charge in [0.05, 0.1) is 36.1 Å². The number of rotatable bonds is 6. The summed E-state index contributed by atoms with van der Waals surface area (Å²) in [5.41, 5.74) is 1.45. The molecule has 0 bridgehead atoms. The van der Waals surface area contributed by atoms with E-state index in [4.69, 9.17) is 25.8 Å². The number of para-hydroxylation sites is 1. The van der Waals surface area contributed by atoms with E-state index < -0.39 is 11.8 Å². The summed E-state index contributed by atoms with van der Waals surface area (Å²) >= 11 is 7.26. The molecule has 0 saturated heterocycles. The van der Waals surface area contributed by atoms with Crippen molar-refractivity contribution >= 4 is 28.9 Å². The molecule has 0 atom stereocenters. The van der Waals surface area contributed by atoms with Crippen molar-refractivity contribution in [3.63, 3.8) is 0 Å². The Morgan fingerprint density at radius 3 is 2.74 bits per heavy atom. The Morgan fingerprint density at radius 1 is 1.22 bits per heavy atom. The number of carbonyl (C=O) groups is 1. The van der Waals surface area contributed by atoms with Gasteiger partial charge in [0.15, 0.2) is 11.5 Å². The van der Waals surface area contributed by atoms with Gasteiger partial charge in [-0.3, -0.25) is 0 Å². The van der Waals surface area contributed by atoms with E-state index in [1.54, 1.807) is 25.7 Å². The van der Waals surface area contributed by atoms with Crippen molar-refractivity contribution in [3.05, 3.63) is 63.9 Å². The van der Waals surface area contributed by atoms with E-state index in [0.717, 1.165) is 17.7 Å². The molecule has 0 N–H and O–H groups in total. The lowest BCUT2D eigenvalue weighted by atomic mass is 10.2. The van der Waals surface area contributed by atoms with E-state index in [-0.39, 0.29) is 17.2 Å². The Balaban J connectivity index is 1.74. The van der Waals surface area contributed by atoms with Crippen LogP contribution in [0.25, 0.3) is 10.6 Å². The second-order valence-electron chi connectivity index (χ2n) is 5.39. The number of halogens is 2. The van der Waals surface area contributed by atoms with Crippen molar-refractivity contribution in [1.29, 1.82) is 0 Å². The molecule has 8 heteroatoms. The number of aromatic nitrogens is 1. The van der Waals surface area contributed by atoms with Crippen molar-refractivity contribution in [2.75, 3.05) is 14.2 Å². The third-order valence-corrected chi connectivity index (χ3v) is 4.92. The fourth-order valence-corrected chi connectivity index (χ4v) is 3.50. The summed E-state index contributed by atoms with van der Waals surface area (Å²) in [5, 5.41) is 2.49. The third kappa shape index (κ3) is 4.20. The van der Waals surface area contributed by atoms with Gasteiger partial charge >= 0.3 is 5.97 Å². The zero-order chi connectivity index (χ0) is 19.4. The average Bonchev–Trinajstić information content (AvgIpc) is 3.14. The minimum absolute atomic E-state index is 0.0000776. The van der Waals surface area contributed by atoms with Crippen molar-refractivity contribution in [3.8, 4) is 22.1 Å². The average molecular weight is 408 g/mol. The van der Waals surface area contributed by atoms with Crippen molar-refractivity contribution in [2.24, 2.45) is 0 Å². The van der Waals surface area contributed by atoms with Gasteiger partial charge in [0.2, 0.25) is 0 Å². The fourth-order valence-electron chi connectivity index (χ4n) is 2.42. The van der Waals surface area contributed by atoms with E-state index in [9.17, 15) is 9.18 Å². The monoisotopic (exact) mass is 407 g/mol. The van der Waals surface area contributed by atoms with Crippen LogP contribution in [-0.4, -0.2) is 25.2 Å². The predicted molar refractivity (Wildman–Crippen MR) is 101 cm³/mol. The lowest BCUT2D eigenvalue weighted by Gasteiger charge is -2.10. The minimum Gasteiger partial charge on any atom is -0.493 e. The molecule has 3 aromatic rings. The van der Waals surface area contributed by atoms with Crippen LogP contribution in [0.2, 0.25) is 5.02 Å². The molecule has 0 aliphatic heterocycles. The highest BCUT2D eigenvalue weighted by Gasteiger charge is 2.16. The quantitative estimate of drug-likeness (QED) is 0.539. The number of ether oxygens (including phenoxy) is 3. The number of esters is 1. The highest BCUT2D eigenvalue weighted by Crippen LogP contribution is 2.39. The summed E-state index contributed by atoms with van der Waals surface area (Å²) in [6.45, 7) is -0.0324. The molecule has 5 nitrogen and oxygen atoms in total. The van der Waals surface area contributed by atoms with Crippen LogP contribution in [0.15, 0.2) is 41.8 Å². The van der Waals surface area contributed by atoms with Gasteiger partial charge in [-0.05, 0) is 30.3 Å². The first-order valence-corrected chi connectivity index (χ1v) is 9.07. The maximum atomic E-state index is 13.1. The van der Waals surface area contributed by atoms with Crippen LogP contribution < -0.4 is 9.47 Å². The number of benzene rings is 2. The van der Waals surface area contributed by atoms with Crippen LogP contribution in [0, 0.1) is 5.82 Å². The molecule has 0 spiro atoms. The summed E-state index contributed by atoms with van der Waals surface area (Å²) in [6.07, 6.45) is 0. The van der Waals surface area contributed by atoms with Crippen molar-refractivity contribution in [1.82, 2.24) is 4.98 Å². The highest BCUT2D eigenvalue weighted by molar-refractivity contribution is 7.13. The molecule has 0 amide bonds. The van der Waals surface area contributed by atoms with Gasteiger partial charge in [0.25, 0.3) is 0 Å². The van der Waals surface area contributed by atoms with Crippen LogP contribution in [0.4, 0.5) is 4.39 Å². The number of nitrogens with zero attached hydrogens (tertiary/aromatic N) is 1. The highest BCUT2D eigenvalue weighted by atomic mass is 35.5. The van der Waals surface area contributed by atoms with E-state index in [0.29, 0.717) is 22.2 Å². The largest absolute Gasteiger partial charge is 0.493 e.